The number of nitrogens with zero attached hydrogens (tertiary/aromatic N) is 1. The molecule has 0 radical (unpaired) electrons. The van der Waals surface area contributed by atoms with E-state index in [1.807, 2.05) is 6.92 Å². The van der Waals surface area contributed by atoms with E-state index in [1.165, 1.54) is 10.9 Å². The first-order chi connectivity index (χ1) is 8.54. The molecule has 0 amide bonds. The Morgan fingerprint density at radius 2 is 2.00 bits per heavy atom. The Bertz CT molecular complexity index is 601. The summed E-state index contributed by atoms with van der Waals surface area (Å²) < 4.78 is 0. The minimum absolute atomic E-state index is 0.348. The molecule has 0 spiro atoms. The van der Waals surface area contributed by atoms with Gasteiger partial charge in [0.05, 0.1) is 5.52 Å². The predicted molar refractivity (Wildman–Crippen MR) is 75.5 cm³/mol. The molecule has 2 nitrogen and oxygen atoms in total. The molecule has 0 aliphatic heterocycles. The van der Waals surface area contributed by atoms with Gasteiger partial charge < -0.3 is 5.73 Å². The maximum Gasteiger partial charge on any atom is 0.0705 e. The van der Waals surface area contributed by atoms with Gasteiger partial charge in [-0.15, -0.1) is 0 Å². The standard InChI is InChI=1S/C16H20N2/c1-10-4-5-11-8-12(6-7-14(11)18-10)15-13(9-17)16(15,2)3/h4-8,13,15H,9,17H2,1-3H3. The highest BCUT2D eigenvalue weighted by Crippen LogP contribution is 2.63. The molecule has 0 saturated heterocycles. The first kappa shape index (κ1) is 11.7. The first-order valence-electron chi connectivity index (χ1n) is 6.61. The van der Waals surface area contributed by atoms with Crippen LogP contribution in [0.1, 0.15) is 31.0 Å². The van der Waals surface area contributed by atoms with Crippen LogP contribution >= 0.6 is 0 Å². The van der Waals surface area contributed by atoms with Crippen LogP contribution in [0.3, 0.4) is 0 Å². The Labute approximate surface area is 108 Å². The third kappa shape index (κ3) is 1.64. The highest BCUT2D eigenvalue weighted by Gasteiger charge is 2.57. The van der Waals surface area contributed by atoms with E-state index in [2.05, 4.69) is 49.2 Å². The molecule has 1 aromatic heterocycles. The summed E-state index contributed by atoms with van der Waals surface area (Å²) >= 11 is 0. The average molecular weight is 240 g/mol. The molecule has 2 N–H and O–H groups in total. The van der Waals surface area contributed by atoms with Crippen LogP contribution in [0.25, 0.3) is 10.9 Å². The van der Waals surface area contributed by atoms with Crippen molar-refractivity contribution in [1.82, 2.24) is 4.98 Å². The van der Waals surface area contributed by atoms with Crippen molar-refractivity contribution in [1.29, 1.82) is 0 Å². The van der Waals surface area contributed by atoms with Crippen molar-refractivity contribution in [3.8, 4) is 0 Å². The van der Waals surface area contributed by atoms with E-state index in [0.29, 0.717) is 17.3 Å². The van der Waals surface area contributed by atoms with Crippen molar-refractivity contribution in [2.24, 2.45) is 17.1 Å². The zero-order chi connectivity index (χ0) is 12.9. The van der Waals surface area contributed by atoms with E-state index in [0.717, 1.165) is 17.8 Å². The molecule has 1 saturated carbocycles. The van der Waals surface area contributed by atoms with Gasteiger partial charge in [-0.05, 0) is 54.5 Å². The molecule has 2 atom stereocenters. The lowest BCUT2D eigenvalue weighted by Crippen LogP contribution is -2.05. The smallest absolute Gasteiger partial charge is 0.0705 e. The van der Waals surface area contributed by atoms with Crippen molar-refractivity contribution >= 4 is 10.9 Å². The Kier molecular flexibility index (Phi) is 2.46. The van der Waals surface area contributed by atoms with E-state index < -0.39 is 0 Å². The Balaban J connectivity index is 2.03. The molecule has 2 heteroatoms. The minimum atomic E-state index is 0.348. The van der Waals surface area contributed by atoms with Crippen LogP contribution in [0.5, 0.6) is 0 Å². The minimum Gasteiger partial charge on any atom is -0.330 e. The van der Waals surface area contributed by atoms with Gasteiger partial charge in [0.2, 0.25) is 0 Å². The second-order valence-corrected chi connectivity index (χ2v) is 6.05. The SMILES string of the molecule is Cc1ccc2cc(C3C(CN)C3(C)C)ccc2n1. The first-order valence-corrected chi connectivity index (χ1v) is 6.61. The molecule has 2 aromatic rings. The molecule has 1 fully saturated rings. The molecule has 2 unspecified atom stereocenters. The summed E-state index contributed by atoms with van der Waals surface area (Å²) in [7, 11) is 0. The van der Waals surface area contributed by atoms with Crippen LogP contribution in [0.4, 0.5) is 0 Å². The predicted octanol–water partition coefficient (Wildman–Crippen LogP) is 3.24. The Morgan fingerprint density at radius 3 is 2.67 bits per heavy atom. The number of nitrogens with two attached hydrogens (primary N) is 1. The van der Waals surface area contributed by atoms with Crippen molar-refractivity contribution in [2.75, 3.05) is 6.54 Å². The van der Waals surface area contributed by atoms with E-state index in [4.69, 9.17) is 5.73 Å². The monoisotopic (exact) mass is 240 g/mol. The summed E-state index contributed by atoms with van der Waals surface area (Å²) in [5.74, 6) is 1.22. The zero-order valence-corrected chi connectivity index (χ0v) is 11.3. The molecule has 18 heavy (non-hydrogen) atoms. The van der Waals surface area contributed by atoms with Gasteiger partial charge in [-0.3, -0.25) is 4.98 Å². The average Bonchev–Trinajstić information content (AvgIpc) is 2.90. The van der Waals surface area contributed by atoms with Crippen molar-refractivity contribution in [3.05, 3.63) is 41.6 Å². The second kappa shape index (κ2) is 3.79. The number of benzene rings is 1. The van der Waals surface area contributed by atoms with Gasteiger partial charge in [-0.1, -0.05) is 26.0 Å². The molecule has 0 bridgehead atoms. The highest BCUT2D eigenvalue weighted by atomic mass is 14.7. The molecule has 94 valence electrons. The molecule has 1 heterocycles. The molecule has 1 aromatic carbocycles. The van der Waals surface area contributed by atoms with Crippen molar-refractivity contribution in [3.63, 3.8) is 0 Å². The number of hydrogen-bond donors (Lipinski definition) is 1. The second-order valence-electron chi connectivity index (χ2n) is 6.05. The van der Waals surface area contributed by atoms with Crippen LogP contribution in [-0.4, -0.2) is 11.5 Å². The molecular weight excluding hydrogens is 220 g/mol. The third-order valence-electron chi connectivity index (χ3n) is 4.52. The number of pyridine rings is 1. The number of fused-ring (bicyclic) bond motifs is 1. The number of aryl methyl sites for hydroxylation is 1. The van der Waals surface area contributed by atoms with Crippen molar-refractivity contribution < 1.29 is 0 Å². The maximum atomic E-state index is 5.86. The van der Waals surface area contributed by atoms with E-state index in [-0.39, 0.29) is 0 Å². The van der Waals surface area contributed by atoms with Crippen LogP contribution in [0.2, 0.25) is 0 Å². The van der Waals surface area contributed by atoms with Crippen molar-refractivity contribution in [2.45, 2.75) is 26.7 Å². The summed E-state index contributed by atoms with van der Waals surface area (Å²) in [6, 6.07) is 10.9. The van der Waals surface area contributed by atoms with Gasteiger partial charge in [-0.25, -0.2) is 0 Å². The molecule has 3 rings (SSSR count). The van der Waals surface area contributed by atoms with Crippen LogP contribution in [0.15, 0.2) is 30.3 Å². The maximum absolute atomic E-state index is 5.86. The van der Waals surface area contributed by atoms with E-state index in [9.17, 15) is 0 Å². The summed E-state index contributed by atoms with van der Waals surface area (Å²) in [6.07, 6.45) is 0. The molecule has 1 aliphatic carbocycles. The fourth-order valence-electron chi connectivity index (χ4n) is 3.29. The van der Waals surface area contributed by atoms with Gasteiger partial charge in [0.25, 0.3) is 0 Å². The lowest BCUT2D eigenvalue weighted by molar-refractivity contribution is 0.558. The van der Waals surface area contributed by atoms with E-state index in [1.54, 1.807) is 0 Å². The Morgan fingerprint density at radius 1 is 1.22 bits per heavy atom. The summed E-state index contributed by atoms with van der Waals surface area (Å²) in [5.41, 5.74) is 9.77. The summed E-state index contributed by atoms with van der Waals surface area (Å²) in [6.45, 7) is 7.43. The van der Waals surface area contributed by atoms with Gasteiger partial charge in [0.15, 0.2) is 0 Å². The van der Waals surface area contributed by atoms with Crippen LogP contribution in [0, 0.1) is 18.3 Å². The quantitative estimate of drug-likeness (QED) is 0.875. The van der Waals surface area contributed by atoms with E-state index >= 15 is 0 Å². The highest BCUT2D eigenvalue weighted by molar-refractivity contribution is 5.79. The van der Waals surface area contributed by atoms with Gasteiger partial charge in [-0.2, -0.15) is 0 Å². The molecule has 1 aliphatic rings. The van der Waals surface area contributed by atoms with Crippen LogP contribution in [-0.2, 0) is 0 Å². The number of aromatic nitrogens is 1. The lowest BCUT2D eigenvalue weighted by Gasteiger charge is -2.05. The van der Waals surface area contributed by atoms with Gasteiger partial charge in [0, 0.05) is 11.1 Å². The zero-order valence-electron chi connectivity index (χ0n) is 11.3. The number of rotatable bonds is 2. The lowest BCUT2D eigenvalue weighted by atomic mass is 10.0. The summed E-state index contributed by atoms with van der Waals surface area (Å²) in [4.78, 5) is 4.55. The summed E-state index contributed by atoms with van der Waals surface area (Å²) in [5, 5.41) is 1.23. The molecular formula is C16H20N2. The van der Waals surface area contributed by atoms with Crippen LogP contribution < -0.4 is 5.73 Å². The fourth-order valence-corrected chi connectivity index (χ4v) is 3.29. The van der Waals surface area contributed by atoms with Gasteiger partial charge in [0.1, 0.15) is 0 Å². The van der Waals surface area contributed by atoms with Gasteiger partial charge >= 0.3 is 0 Å². The fraction of sp³-hybridized carbons (Fsp3) is 0.438. The Hall–Kier alpha value is -1.41. The topological polar surface area (TPSA) is 38.9 Å². The number of hydrogen-bond acceptors (Lipinski definition) is 2. The normalized spacial score (nSPS) is 25.3. The largest absolute Gasteiger partial charge is 0.330 e. The third-order valence-corrected chi connectivity index (χ3v) is 4.52.